The topological polar surface area (TPSA) is 0 Å². The summed E-state index contributed by atoms with van der Waals surface area (Å²) in [6.07, 6.45) is 7.12. The van der Waals surface area contributed by atoms with Gasteiger partial charge in [-0.3, -0.25) is 0 Å². The Morgan fingerprint density at radius 1 is 1.14 bits per heavy atom. The monoisotopic (exact) mass is 194 g/mol. The number of rotatable bonds is 5. The number of hydrogen-bond acceptors (Lipinski definition) is 0. The van der Waals surface area contributed by atoms with Crippen molar-refractivity contribution in [2.24, 2.45) is 11.8 Å². The molecule has 82 valence electrons. The zero-order valence-electron chi connectivity index (χ0n) is 10.7. The third kappa shape index (κ3) is 6.01. The first-order valence-electron chi connectivity index (χ1n) is 5.73. The van der Waals surface area contributed by atoms with Crippen molar-refractivity contribution >= 4 is 0 Å². The first kappa shape index (κ1) is 13.5. The summed E-state index contributed by atoms with van der Waals surface area (Å²) in [5.41, 5.74) is 2.96. The molecule has 0 nitrogen and oxygen atoms in total. The van der Waals surface area contributed by atoms with Gasteiger partial charge >= 0.3 is 0 Å². The highest BCUT2D eigenvalue weighted by Gasteiger charge is 2.08. The first-order chi connectivity index (χ1) is 6.47. The second-order valence-electron chi connectivity index (χ2n) is 4.79. The van der Waals surface area contributed by atoms with Gasteiger partial charge in [-0.2, -0.15) is 0 Å². The van der Waals surface area contributed by atoms with Crippen LogP contribution in [0.1, 0.15) is 54.4 Å². The van der Waals surface area contributed by atoms with Crippen molar-refractivity contribution in [1.82, 2.24) is 0 Å². The molecule has 0 saturated carbocycles. The van der Waals surface area contributed by atoms with Crippen LogP contribution in [0.15, 0.2) is 23.3 Å². The molecule has 2 unspecified atom stereocenters. The van der Waals surface area contributed by atoms with E-state index in [4.69, 9.17) is 0 Å². The normalized spacial score (nSPS) is 16.3. The van der Waals surface area contributed by atoms with Crippen molar-refractivity contribution in [3.63, 3.8) is 0 Å². The molecule has 0 rings (SSSR count). The average Bonchev–Trinajstić information content (AvgIpc) is 2.13. The summed E-state index contributed by atoms with van der Waals surface area (Å²) >= 11 is 0. The zero-order valence-corrected chi connectivity index (χ0v) is 10.7. The molecule has 0 heteroatoms. The molecule has 0 fully saturated rings. The van der Waals surface area contributed by atoms with E-state index in [-0.39, 0.29) is 0 Å². The summed E-state index contributed by atoms with van der Waals surface area (Å²) in [5, 5.41) is 0. The Hall–Kier alpha value is -0.520. The van der Waals surface area contributed by atoms with Crippen LogP contribution in [0, 0.1) is 11.8 Å². The molecule has 0 amide bonds. The van der Waals surface area contributed by atoms with Gasteiger partial charge in [0.25, 0.3) is 0 Å². The van der Waals surface area contributed by atoms with E-state index in [9.17, 15) is 0 Å². The molecule has 0 spiro atoms. The fourth-order valence-corrected chi connectivity index (χ4v) is 1.61. The van der Waals surface area contributed by atoms with Crippen molar-refractivity contribution in [2.75, 3.05) is 0 Å². The van der Waals surface area contributed by atoms with Crippen LogP contribution >= 0.6 is 0 Å². The van der Waals surface area contributed by atoms with Crippen LogP contribution in [0.3, 0.4) is 0 Å². The predicted octanol–water partition coefficient (Wildman–Crippen LogP) is 4.97. The Morgan fingerprint density at radius 3 is 2.14 bits per heavy atom. The highest BCUT2D eigenvalue weighted by molar-refractivity contribution is 5.01. The molecule has 0 bridgehead atoms. The zero-order chi connectivity index (χ0) is 11.1. The number of allylic oxidation sites excluding steroid dienone is 4. The molecule has 0 heterocycles. The van der Waals surface area contributed by atoms with E-state index in [0.29, 0.717) is 0 Å². The van der Waals surface area contributed by atoms with Gasteiger partial charge in [-0.05, 0) is 52.4 Å². The van der Waals surface area contributed by atoms with Gasteiger partial charge in [0.05, 0.1) is 0 Å². The Labute approximate surface area is 90.1 Å². The summed E-state index contributed by atoms with van der Waals surface area (Å²) in [7, 11) is 0. The van der Waals surface area contributed by atoms with Crippen LogP contribution in [0.2, 0.25) is 0 Å². The van der Waals surface area contributed by atoms with Gasteiger partial charge in [0, 0.05) is 0 Å². The minimum absolute atomic E-state index is 0.737. The maximum Gasteiger partial charge on any atom is -0.0232 e. The highest BCUT2D eigenvalue weighted by Crippen LogP contribution is 2.21. The third-order valence-electron chi connectivity index (χ3n) is 2.92. The lowest BCUT2D eigenvalue weighted by atomic mass is 9.89. The lowest BCUT2D eigenvalue weighted by Gasteiger charge is -2.16. The predicted molar refractivity (Wildman–Crippen MR) is 66.4 cm³/mol. The molecule has 0 aliphatic rings. The summed E-state index contributed by atoms with van der Waals surface area (Å²) < 4.78 is 0. The molecular formula is C14H26. The molecule has 14 heavy (non-hydrogen) atoms. The number of hydrogen-bond donors (Lipinski definition) is 0. The molecule has 2 atom stereocenters. The fraction of sp³-hybridized carbons (Fsp3) is 0.714. The molecule has 0 N–H and O–H groups in total. The maximum absolute atomic E-state index is 2.35. The van der Waals surface area contributed by atoms with Gasteiger partial charge in [-0.1, -0.05) is 37.1 Å². The molecule has 0 aromatic carbocycles. The standard InChI is InChI=1S/C14H26/c1-7-13(5)14(6)10-12(4)9-8-11(2)3/h7-8,12,14H,9-10H2,1-6H3. The van der Waals surface area contributed by atoms with Crippen LogP contribution in [0.4, 0.5) is 0 Å². The van der Waals surface area contributed by atoms with Gasteiger partial charge in [0.1, 0.15) is 0 Å². The maximum atomic E-state index is 2.35. The Balaban J connectivity index is 3.94. The molecular weight excluding hydrogens is 168 g/mol. The van der Waals surface area contributed by atoms with E-state index in [1.54, 1.807) is 0 Å². The molecule has 0 radical (unpaired) electrons. The first-order valence-corrected chi connectivity index (χ1v) is 5.73. The summed E-state index contributed by atoms with van der Waals surface area (Å²) in [6.45, 7) is 13.4. The van der Waals surface area contributed by atoms with E-state index in [0.717, 1.165) is 11.8 Å². The fourth-order valence-electron chi connectivity index (χ4n) is 1.61. The molecule has 0 aromatic rings. The van der Waals surface area contributed by atoms with E-state index < -0.39 is 0 Å². The Bertz CT molecular complexity index is 204. The van der Waals surface area contributed by atoms with Crippen LogP contribution in [0.5, 0.6) is 0 Å². The second kappa shape index (κ2) is 6.86. The van der Waals surface area contributed by atoms with E-state index in [2.05, 4.69) is 53.7 Å². The van der Waals surface area contributed by atoms with Crippen LogP contribution in [-0.2, 0) is 0 Å². The Morgan fingerprint density at radius 2 is 1.71 bits per heavy atom. The lowest BCUT2D eigenvalue weighted by Crippen LogP contribution is -2.03. The minimum Gasteiger partial charge on any atom is -0.0885 e. The molecule has 0 aromatic heterocycles. The quantitative estimate of drug-likeness (QED) is 0.542. The minimum atomic E-state index is 0.737. The Kier molecular flexibility index (Phi) is 6.61. The van der Waals surface area contributed by atoms with Crippen molar-refractivity contribution in [1.29, 1.82) is 0 Å². The average molecular weight is 194 g/mol. The SMILES string of the molecule is CC=C(C)C(C)CC(C)CC=C(C)C. The highest BCUT2D eigenvalue weighted by atomic mass is 14.1. The van der Waals surface area contributed by atoms with Gasteiger partial charge in [0.15, 0.2) is 0 Å². The summed E-state index contributed by atoms with van der Waals surface area (Å²) in [4.78, 5) is 0. The van der Waals surface area contributed by atoms with Crippen molar-refractivity contribution in [3.05, 3.63) is 23.3 Å². The molecule has 0 aliphatic heterocycles. The molecule has 0 saturated heterocycles. The van der Waals surface area contributed by atoms with Crippen molar-refractivity contribution in [3.8, 4) is 0 Å². The van der Waals surface area contributed by atoms with Gasteiger partial charge in [0.2, 0.25) is 0 Å². The smallest absolute Gasteiger partial charge is 0.0232 e. The van der Waals surface area contributed by atoms with Crippen LogP contribution in [-0.4, -0.2) is 0 Å². The summed E-state index contributed by atoms with van der Waals surface area (Å²) in [5.74, 6) is 1.54. The largest absolute Gasteiger partial charge is 0.0885 e. The van der Waals surface area contributed by atoms with Crippen molar-refractivity contribution < 1.29 is 0 Å². The van der Waals surface area contributed by atoms with E-state index in [1.807, 2.05) is 0 Å². The second-order valence-corrected chi connectivity index (χ2v) is 4.79. The van der Waals surface area contributed by atoms with Gasteiger partial charge in [-0.15, -0.1) is 0 Å². The van der Waals surface area contributed by atoms with E-state index in [1.165, 1.54) is 24.0 Å². The van der Waals surface area contributed by atoms with Crippen LogP contribution in [0.25, 0.3) is 0 Å². The summed E-state index contributed by atoms with van der Waals surface area (Å²) in [6, 6.07) is 0. The van der Waals surface area contributed by atoms with Crippen LogP contribution < -0.4 is 0 Å². The molecule has 0 aliphatic carbocycles. The van der Waals surface area contributed by atoms with E-state index >= 15 is 0 Å². The van der Waals surface area contributed by atoms with Gasteiger partial charge in [-0.25, -0.2) is 0 Å². The third-order valence-corrected chi connectivity index (χ3v) is 2.92. The lowest BCUT2D eigenvalue weighted by molar-refractivity contribution is 0.456. The van der Waals surface area contributed by atoms with Gasteiger partial charge < -0.3 is 0 Å². The van der Waals surface area contributed by atoms with Crippen molar-refractivity contribution in [2.45, 2.75) is 54.4 Å².